The van der Waals surface area contributed by atoms with Crippen LogP contribution >= 0.6 is 0 Å². The number of anilines is 2. The van der Waals surface area contributed by atoms with Gasteiger partial charge in [-0.2, -0.15) is 0 Å². The van der Waals surface area contributed by atoms with E-state index in [1.807, 2.05) is 10.6 Å². The summed E-state index contributed by atoms with van der Waals surface area (Å²) in [5.74, 6) is -4.33. The molecule has 0 saturated heterocycles. The summed E-state index contributed by atoms with van der Waals surface area (Å²) >= 11 is 0. The van der Waals surface area contributed by atoms with Crippen LogP contribution in [0.1, 0.15) is 45.7 Å². The predicted molar refractivity (Wildman–Crippen MR) is 159 cm³/mol. The van der Waals surface area contributed by atoms with Gasteiger partial charge in [-0.1, -0.05) is 0 Å². The molecule has 2 aromatic rings. The summed E-state index contributed by atoms with van der Waals surface area (Å²) < 4.78 is 0. The highest BCUT2D eigenvalue weighted by molar-refractivity contribution is 6.33. The van der Waals surface area contributed by atoms with Gasteiger partial charge in [-0.05, 0) is 38.1 Å². The number of nitrogens with one attached hydrogen (secondary N) is 6. The fourth-order valence-electron chi connectivity index (χ4n) is 4.72. The zero-order valence-corrected chi connectivity index (χ0v) is 24.6. The first kappa shape index (κ1) is 34.9. The first-order valence-corrected chi connectivity index (χ1v) is 13.8. The topological polar surface area (TPSA) is 296 Å². The minimum absolute atomic E-state index is 0.0360. The normalized spacial score (nSPS) is 14.4. The number of aromatic hydroxyl groups is 2. The third-order valence-electron chi connectivity index (χ3n) is 6.84. The number of hydrogen-bond acceptors (Lipinski definition) is 12. The van der Waals surface area contributed by atoms with E-state index >= 15 is 0 Å². The van der Waals surface area contributed by atoms with E-state index in [4.69, 9.17) is 10.2 Å². The van der Waals surface area contributed by atoms with Crippen molar-refractivity contribution in [2.45, 2.75) is 38.1 Å². The Labute approximate surface area is 260 Å². The number of hydrogen-bond donors (Lipinski definition) is 12. The summed E-state index contributed by atoms with van der Waals surface area (Å²) in [6.45, 7) is 2.17. The fourth-order valence-corrected chi connectivity index (χ4v) is 4.72. The fraction of sp³-hybridized carbons (Fsp3) is 0.357. The van der Waals surface area contributed by atoms with Gasteiger partial charge < -0.3 is 62.5 Å². The lowest BCUT2D eigenvalue weighted by atomic mass is 9.81. The van der Waals surface area contributed by atoms with Crippen LogP contribution in [-0.2, 0) is 9.59 Å². The second-order valence-corrected chi connectivity index (χ2v) is 10.2. The number of fused-ring (bicyclic) bond motifs is 2. The van der Waals surface area contributed by atoms with E-state index in [1.165, 1.54) is 26.0 Å². The first-order chi connectivity index (χ1) is 21.6. The van der Waals surface area contributed by atoms with Crippen LogP contribution in [0.15, 0.2) is 24.3 Å². The predicted octanol–water partition coefficient (Wildman–Crippen LogP) is -1.04. The largest absolute Gasteiger partial charge is 0.507 e. The molecule has 3 rings (SSSR count). The number of phenolic OH excluding ortho intramolecular Hbond substituents is 2. The van der Waals surface area contributed by atoms with Crippen molar-refractivity contribution in [3.05, 3.63) is 46.5 Å². The Hall–Kier alpha value is -5.62. The molecule has 2 aromatic carbocycles. The Kier molecular flexibility index (Phi) is 11.3. The van der Waals surface area contributed by atoms with Gasteiger partial charge in [0.25, 0.3) is 0 Å². The number of rotatable bonds is 14. The van der Waals surface area contributed by atoms with Crippen molar-refractivity contribution in [3.8, 4) is 11.5 Å². The minimum Gasteiger partial charge on any atom is -0.507 e. The molecule has 0 bridgehead atoms. The Morgan fingerprint density at radius 1 is 0.609 bits per heavy atom. The second-order valence-electron chi connectivity index (χ2n) is 10.2. The number of carbonyl (C=O) groups excluding carboxylic acids is 4. The van der Waals surface area contributed by atoms with Gasteiger partial charge in [0, 0.05) is 37.6 Å². The van der Waals surface area contributed by atoms with Crippen LogP contribution in [0.3, 0.4) is 0 Å². The number of ketones is 2. The molecule has 4 atom stereocenters. The van der Waals surface area contributed by atoms with E-state index in [0.29, 0.717) is 0 Å². The molecule has 0 spiro atoms. The quantitative estimate of drug-likeness (QED) is 0.0736. The van der Waals surface area contributed by atoms with E-state index in [9.17, 15) is 49.2 Å². The maximum atomic E-state index is 13.7. The average Bonchev–Trinajstić information content (AvgIpc) is 2.98. The van der Waals surface area contributed by atoms with Crippen molar-refractivity contribution in [3.63, 3.8) is 0 Å². The number of phenols is 2. The number of carboxylic acid groups (broad SMARTS) is 2. The van der Waals surface area contributed by atoms with Crippen molar-refractivity contribution < 1.29 is 59.4 Å². The monoisotopic (exact) mass is 646 g/mol. The van der Waals surface area contributed by atoms with Crippen LogP contribution in [0.5, 0.6) is 11.5 Å². The summed E-state index contributed by atoms with van der Waals surface area (Å²) in [7, 11) is 0. The molecule has 248 valence electrons. The number of benzene rings is 2. The number of aliphatic hydroxyl groups excluding tert-OH is 2. The molecule has 0 heterocycles. The van der Waals surface area contributed by atoms with E-state index in [0.717, 1.165) is 12.1 Å². The molecule has 18 heteroatoms. The lowest BCUT2D eigenvalue weighted by Gasteiger charge is -2.25. The van der Waals surface area contributed by atoms with Crippen molar-refractivity contribution in [1.29, 1.82) is 0 Å². The third kappa shape index (κ3) is 7.90. The van der Waals surface area contributed by atoms with E-state index in [1.54, 1.807) is 0 Å². The molecule has 0 aliphatic heterocycles. The third-order valence-corrected chi connectivity index (χ3v) is 6.84. The van der Waals surface area contributed by atoms with Gasteiger partial charge in [0.1, 0.15) is 23.6 Å². The summed E-state index contributed by atoms with van der Waals surface area (Å²) in [5.41, 5.74) is -0.961. The van der Waals surface area contributed by atoms with Crippen LogP contribution in [0.25, 0.3) is 0 Å². The molecule has 1 aliphatic carbocycles. The lowest BCUT2D eigenvalue weighted by Crippen LogP contribution is -2.52. The summed E-state index contributed by atoms with van der Waals surface area (Å²) in [6.07, 6.45) is -5.70. The van der Waals surface area contributed by atoms with Crippen molar-refractivity contribution in [2.75, 3.05) is 36.8 Å². The van der Waals surface area contributed by atoms with Crippen molar-refractivity contribution in [2.24, 2.45) is 0 Å². The van der Waals surface area contributed by atoms with E-state index in [2.05, 4.69) is 21.3 Å². The molecule has 46 heavy (non-hydrogen) atoms. The van der Waals surface area contributed by atoms with Crippen molar-refractivity contribution >= 4 is 46.9 Å². The van der Waals surface area contributed by atoms with Gasteiger partial charge >= 0.3 is 12.2 Å². The summed E-state index contributed by atoms with van der Waals surface area (Å²) in [6, 6.07) is 2.09. The molecular weight excluding hydrogens is 612 g/mol. The molecule has 0 saturated carbocycles. The molecule has 0 radical (unpaired) electrons. The molecule has 0 fully saturated rings. The Balaban J connectivity index is 1.83. The maximum Gasteiger partial charge on any atom is 0.405 e. The highest BCUT2D eigenvalue weighted by Crippen LogP contribution is 2.42. The zero-order valence-electron chi connectivity index (χ0n) is 24.6. The summed E-state index contributed by atoms with van der Waals surface area (Å²) in [4.78, 5) is 73.9. The number of carbonyl (C=O) groups is 6. The standard InChI is InChI=1S/C28H34N6O12/c1-11(35)21(33-27(43)44)25(41)31-9-7-29-13-3-4-14(30-8-10-32-26(42)22(12(2)36)34-28(45)46)18-17(13)23(39)19-15(37)5-6-16(38)20(19)24(18)40/h3-6,11-12,21-22,29-30,33-38H,7-10H2,1-2H3,(H,31,41)(H,32,42)(H,43,44)(H,45,46)/t11-,12+,21+,22-. The Bertz CT molecular complexity index is 1430. The molecule has 18 nitrogen and oxygen atoms in total. The van der Waals surface area contributed by atoms with Crippen LogP contribution < -0.4 is 31.9 Å². The van der Waals surface area contributed by atoms with Gasteiger partial charge in [-0.3, -0.25) is 19.2 Å². The molecule has 1 aliphatic rings. The zero-order chi connectivity index (χ0) is 34.3. The highest BCUT2D eigenvalue weighted by Gasteiger charge is 2.38. The average molecular weight is 647 g/mol. The van der Waals surface area contributed by atoms with Crippen LogP contribution in [0.4, 0.5) is 21.0 Å². The van der Waals surface area contributed by atoms with Gasteiger partial charge in [-0.25, -0.2) is 9.59 Å². The van der Waals surface area contributed by atoms with Gasteiger partial charge in [0.15, 0.2) is 0 Å². The molecule has 4 amide bonds. The lowest BCUT2D eigenvalue weighted by molar-refractivity contribution is -0.126. The molecule has 12 N–H and O–H groups in total. The molecular formula is C28H34N6O12. The van der Waals surface area contributed by atoms with Crippen LogP contribution in [0.2, 0.25) is 0 Å². The smallest absolute Gasteiger partial charge is 0.405 e. The number of amides is 4. The second kappa shape index (κ2) is 14.9. The summed E-state index contributed by atoms with van der Waals surface area (Å²) in [5, 5.41) is 72.5. The van der Waals surface area contributed by atoms with Crippen LogP contribution in [-0.4, -0.2) is 117 Å². The molecule has 0 aromatic heterocycles. The minimum atomic E-state index is -1.52. The van der Waals surface area contributed by atoms with Crippen molar-refractivity contribution in [1.82, 2.24) is 21.3 Å². The first-order valence-electron chi connectivity index (χ1n) is 13.8. The van der Waals surface area contributed by atoms with Gasteiger partial charge in [0.2, 0.25) is 23.4 Å². The maximum absolute atomic E-state index is 13.7. The Morgan fingerprint density at radius 3 is 1.26 bits per heavy atom. The highest BCUT2D eigenvalue weighted by atomic mass is 16.4. The molecule has 0 unspecified atom stereocenters. The van der Waals surface area contributed by atoms with Gasteiger partial charge in [0.05, 0.1) is 34.5 Å². The Morgan fingerprint density at radius 2 is 0.957 bits per heavy atom. The van der Waals surface area contributed by atoms with E-state index < -0.39 is 82.5 Å². The number of aliphatic hydroxyl groups is 2. The van der Waals surface area contributed by atoms with E-state index in [-0.39, 0.29) is 48.7 Å². The van der Waals surface area contributed by atoms with Gasteiger partial charge in [-0.15, -0.1) is 0 Å². The SMILES string of the molecule is C[C@H](O)[C@@H](NC(=O)O)C(=O)NCCNc1ccc(NCCNC(=O)[C@@H](NC(=O)O)[C@@H](C)O)c2c1C(=O)c1c(O)ccc(O)c1C2=O. The van der Waals surface area contributed by atoms with Crippen LogP contribution in [0, 0.1) is 0 Å².